The van der Waals surface area contributed by atoms with E-state index >= 15 is 0 Å². The van der Waals surface area contributed by atoms with Gasteiger partial charge in [-0.05, 0) is 51.5 Å². The molecule has 1 heterocycles. The third-order valence-electron chi connectivity index (χ3n) is 4.31. The molecule has 0 radical (unpaired) electrons. The number of hydrogen-bond acceptors (Lipinski definition) is 3. The Bertz CT molecular complexity index is 423. The molecule has 0 amide bonds. The van der Waals surface area contributed by atoms with E-state index in [0.717, 1.165) is 24.6 Å². The summed E-state index contributed by atoms with van der Waals surface area (Å²) in [5.41, 5.74) is 1.22. The van der Waals surface area contributed by atoms with Crippen LogP contribution in [0.5, 0.6) is 5.75 Å². The fourth-order valence-corrected chi connectivity index (χ4v) is 2.95. The van der Waals surface area contributed by atoms with Crippen LogP contribution in [-0.2, 0) is 0 Å². The van der Waals surface area contributed by atoms with Gasteiger partial charge in [0.25, 0.3) is 0 Å². The van der Waals surface area contributed by atoms with Crippen molar-refractivity contribution in [3.8, 4) is 5.75 Å². The van der Waals surface area contributed by atoms with Crippen LogP contribution in [-0.4, -0.2) is 23.4 Å². The van der Waals surface area contributed by atoms with Crippen molar-refractivity contribution in [1.29, 1.82) is 0 Å². The van der Waals surface area contributed by atoms with E-state index in [1.54, 1.807) is 7.11 Å². The van der Waals surface area contributed by atoms with E-state index in [-0.39, 0.29) is 0 Å². The van der Waals surface area contributed by atoms with Gasteiger partial charge in [-0.2, -0.15) is 5.10 Å². The molecule has 20 heavy (non-hydrogen) atoms. The monoisotopic (exact) mass is 279 g/mol. The summed E-state index contributed by atoms with van der Waals surface area (Å²) in [6.45, 7) is 9.96. The van der Waals surface area contributed by atoms with Gasteiger partial charge in [0.1, 0.15) is 0 Å². The van der Waals surface area contributed by atoms with Crippen molar-refractivity contribution in [2.75, 3.05) is 13.7 Å². The number of ether oxygens (including phenoxy) is 1. The van der Waals surface area contributed by atoms with Gasteiger partial charge in [-0.25, -0.2) is 0 Å². The summed E-state index contributed by atoms with van der Waals surface area (Å²) < 4.78 is 7.68. The van der Waals surface area contributed by atoms with E-state index < -0.39 is 0 Å². The van der Waals surface area contributed by atoms with Crippen molar-refractivity contribution in [2.45, 2.75) is 59.0 Å². The van der Waals surface area contributed by atoms with Crippen LogP contribution in [0.25, 0.3) is 0 Å². The van der Waals surface area contributed by atoms with E-state index in [9.17, 15) is 0 Å². The molecule has 114 valence electrons. The van der Waals surface area contributed by atoms with Crippen LogP contribution >= 0.6 is 0 Å². The highest BCUT2D eigenvalue weighted by Gasteiger charge is 2.36. The minimum absolute atomic E-state index is 0.335. The maximum Gasteiger partial charge on any atom is 0.161 e. The zero-order valence-corrected chi connectivity index (χ0v) is 13.5. The van der Waals surface area contributed by atoms with Gasteiger partial charge < -0.3 is 10.1 Å². The molecule has 0 aliphatic heterocycles. The molecule has 1 fully saturated rings. The molecule has 1 aromatic heterocycles. The van der Waals surface area contributed by atoms with E-state index in [1.165, 1.54) is 18.5 Å². The minimum atomic E-state index is 0.335. The Morgan fingerprint density at radius 2 is 2.10 bits per heavy atom. The van der Waals surface area contributed by atoms with E-state index in [2.05, 4.69) is 42.8 Å². The quantitative estimate of drug-likeness (QED) is 0.791. The van der Waals surface area contributed by atoms with Crippen LogP contribution in [0.15, 0.2) is 6.20 Å². The summed E-state index contributed by atoms with van der Waals surface area (Å²) in [5, 5.41) is 8.25. The first-order valence-electron chi connectivity index (χ1n) is 7.94. The van der Waals surface area contributed by atoms with E-state index in [4.69, 9.17) is 4.74 Å². The number of nitrogens with zero attached hydrogens (tertiary/aromatic N) is 2. The highest BCUT2D eigenvalue weighted by molar-refractivity contribution is 5.29. The summed E-state index contributed by atoms with van der Waals surface area (Å²) in [6.07, 6.45) is 5.73. The Hall–Kier alpha value is -1.03. The average Bonchev–Trinajstić information content (AvgIpc) is 3.19. The lowest BCUT2D eigenvalue weighted by Gasteiger charge is -2.28. The van der Waals surface area contributed by atoms with Crippen molar-refractivity contribution in [3.63, 3.8) is 0 Å². The maximum atomic E-state index is 5.56. The summed E-state index contributed by atoms with van der Waals surface area (Å²) >= 11 is 0. The van der Waals surface area contributed by atoms with Crippen molar-refractivity contribution < 1.29 is 4.74 Å². The highest BCUT2D eigenvalue weighted by Crippen LogP contribution is 2.44. The third kappa shape index (κ3) is 3.17. The standard InChI is InChI=1S/C16H29N3O/c1-6-9-17-15(12(4)13-7-8-13)16-14(20-5)10-18-19(16)11(2)3/h10-13,15,17H,6-9H2,1-5H3. The molecule has 0 spiro atoms. The number of rotatable bonds is 8. The second-order valence-corrected chi connectivity index (χ2v) is 6.26. The van der Waals surface area contributed by atoms with Crippen LogP contribution < -0.4 is 10.1 Å². The smallest absolute Gasteiger partial charge is 0.161 e. The molecule has 1 aliphatic carbocycles. The Morgan fingerprint density at radius 3 is 2.60 bits per heavy atom. The second kappa shape index (κ2) is 6.61. The molecule has 1 saturated carbocycles. The van der Waals surface area contributed by atoms with Crippen molar-refractivity contribution >= 4 is 0 Å². The molecule has 4 heteroatoms. The first-order valence-corrected chi connectivity index (χ1v) is 7.94. The van der Waals surface area contributed by atoms with Gasteiger partial charge in [0, 0.05) is 6.04 Å². The highest BCUT2D eigenvalue weighted by atomic mass is 16.5. The predicted octanol–water partition coefficient (Wildman–Crippen LogP) is 3.56. The molecule has 2 rings (SSSR count). The van der Waals surface area contributed by atoms with E-state index in [0.29, 0.717) is 18.0 Å². The normalized spacial score (nSPS) is 18.3. The zero-order valence-electron chi connectivity index (χ0n) is 13.5. The van der Waals surface area contributed by atoms with Gasteiger partial charge in [0.15, 0.2) is 5.75 Å². The number of hydrogen-bond donors (Lipinski definition) is 1. The molecular weight excluding hydrogens is 250 g/mol. The molecular formula is C16H29N3O. The van der Waals surface area contributed by atoms with Crippen LogP contribution in [0, 0.1) is 11.8 Å². The summed E-state index contributed by atoms with van der Waals surface area (Å²) in [4.78, 5) is 0. The van der Waals surface area contributed by atoms with E-state index in [1.807, 2.05) is 6.20 Å². The average molecular weight is 279 g/mol. The Morgan fingerprint density at radius 1 is 1.40 bits per heavy atom. The SMILES string of the molecule is CCCNC(c1c(OC)cnn1C(C)C)C(C)C1CC1. The molecule has 2 atom stereocenters. The summed E-state index contributed by atoms with van der Waals surface area (Å²) in [7, 11) is 1.74. The second-order valence-electron chi connectivity index (χ2n) is 6.26. The number of aromatic nitrogens is 2. The molecule has 0 saturated heterocycles. The van der Waals surface area contributed by atoms with Gasteiger partial charge in [-0.1, -0.05) is 13.8 Å². The van der Waals surface area contributed by atoms with Gasteiger partial charge >= 0.3 is 0 Å². The molecule has 0 bridgehead atoms. The van der Waals surface area contributed by atoms with Crippen molar-refractivity contribution in [3.05, 3.63) is 11.9 Å². The Labute approximate surface area is 122 Å². The molecule has 0 aromatic carbocycles. The molecule has 4 nitrogen and oxygen atoms in total. The summed E-state index contributed by atoms with van der Waals surface area (Å²) in [5.74, 6) is 2.40. The van der Waals surface area contributed by atoms with Crippen molar-refractivity contribution in [1.82, 2.24) is 15.1 Å². The van der Waals surface area contributed by atoms with Gasteiger partial charge in [0.2, 0.25) is 0 Å². The number of nitrogens with one attached hydrogen (secondary N) is 1. The predicted molar refractivity (Wildman–Crippen MR) is 82.1 cm³/mol. The van der Waals surface area contributed by atoms with Crippen LogP contribution in [0.3, 0.4) is 0 Å². The van der Waals surface area contributed by atoms with Crippen molar-refractivity contribution in [2.24, 2.45) is 11.8 Å². The van der Waals surface area contributed by atoms with Crippen LogP contribution in [0.4, 0.5) is 0 Å². The zero-order chi connectivity index (χ0) is 14.7. The lowest BCUT2D eigenvalue weighted by atomic mass is 9.93. The van der Waals surface area contributed by atoms with Gasteiger partial charge in [0.05, 0.1) is 25.0 Å². The molecule has 1 aromatic rings. The van der Waals surface area contributed by atoms with Gasteiger partial charge in [-0.15, -0.1) is 0 Å². The summed E-state index contributed by atoms with van der Waals surface area (Å²) in [6, 6.07) is 0.688. The fourth-order valence-electron chi connectivity index (χ4n) is 2.95. The molecule has 2 unspecified atom stereocenters. The molecule has 1 N–H and O–H groups in total. The topological polar surface area (TPSA) is 39.1 Å². The molecule has 1 aliphatic rings. The lowest BCUT2D eigenvalue weighted by molar-refractivity contribution is 0.308. The number of methoxy groups -OCH3 is 1. The Kier molecular flexibility index (Phi) is 5.08. The van der Waals surface area contributed by atoms with Crippen LogP contribution in [0.1, 0.15) is 64.7 Å². The largest absolute Gasteiger partial charge is 0.493 e. The first-order chi connectivity index (χ1) is 9.60. The fraction of sp³-hybridized carbons (Fsp3) is 0.812. The third-order valence-corrected chi connectivity index (χ3v) is 4.31. The lowest BCUT2D eigenvalue weighted by Crippen LogP contribution is -2.31. The maximum absolute atomic E-state index is 5.56. The van der Waals surface area contributed by atoms with Crippen LogP contribution in [0.2, 0.25) is 0 Å². The Balaban J connectivity index is 2.32. The van der Waals surface area contributed by atoms with Gasteiger partial charge in [-0.3, -0.25) is 4.68 Å². The first kappa shape index (κ1) is 15.4. The minimum Gasteiger partial charge on any atom is -0.493 e.